The number of aryl methyl sites for hydroxylation is 1. The van der Waals surface area contributed by atoms with E-state index < -0.39 is 5.97 Å². The van der Waals surface area contributed by atoms with Crippen molar-refractivity contribution in [2.75, 3.05) is 6.61 Å². The molecule has 1 aromatic heterocycles. The van der Waals surface area contributed by atoms with Gasteiger partial charge in [0.1, 0.15) is 5.69 Å². The topological polar surface area (TPSA) is 65.4 Å². The second-order valence-corrected chi connectivity index (χ2v) is 5.22. The van der Waals surface area contributed by atoms with E-state index in [2.05, 4.69) is 0 Å². The monoisotopic (exact) mass is 297 g/mol. The van der Waals surface area contributed by atoms with E-state index in [-0.39, 0.29) is 35.0 Å². The van der Waals surface area contributed by atoms with E-state index in [1.165, 1.54) is 10.8 Å². The predicted molar refractivity (Wildman–Crippen MR) is 79.3 cm³/mol. The number of carbonyl (C=O) groups excluding carboxylic acids is 3. The molecule has 22 heavy (non-hydrogen) atoms. The van der Waals surface area contributed by atoms with Crippen LogP contribution in [0.15, 0.2) is 30.5 Å². The van der Waals surface area contributed by atoms with Crippen molar-refractivity contribution in [3.05, 3.63) is 58.4 Å². The molecule has 0 bridgehead atoms. The molecule has 1 aliphatic carbocycles. The van der Waals surface area contributed by atoms with Crippen molar-refractivity contribution in [3.63, 3.8) is 0 Å². The van der Waals surface area contributed by atoms with Gasteiger partial charge in [0.25, 0.3) is 0 Å². The number of esters is 1. The van der Waals surface area contributed by atoms with E-state index in [1.54, 1.807) is 31.3 Å². The zero-order valence-electron chi connectivity index (χ0n) is 12.4. The van der Waals surface area contributed by atoms with Crippen molar-refractivity contribution in [1.29, 1.82) is 0 Å². The first-order valence-corrected chi connectivity index (χ1v) is 7.11. The van der Waals surface area contributed by atoms with Gasteiger partial charge in [0.2, 0.25) is 0 Å². The predicted octanol–water partition coefficient (Wildman–Crippen LogP) is 2.37. The molecule has 0 saturated heterocycles. The molecule has 1 heterocycles. The van der Waals surface area contributed by atoms with Crippen molar-refractivity contribution in [2.24, 2.45) is 7.05 Å². The van der Waals surface area contributed by atoms with E-state index in [4.69, 9.17) is 4.74 Å². The zero-order chi connectivity index (χ0) is 15.9. The molecule has 5 heteroatoms. The maximum absolute atomic E-state index is 12.7. The first-order valence-electron chi connectivity index (χ1n) is 7.11. The Hall–Kier alpha value is -2.69. The fourth-order valence-corrected chi connectivity index (χ4v) is 2.70. The average molecular weight is 297 g/mol. The van der Waals surface area contributed by atoms with Gasteiger partial charge in [-0.1, -0.05) is 31.2 Å². The van der Waals surface area contributed by atoms with Gasteiger partial charge in [0.15, 0.2) is 11.6 Å². The minimum absolute atomic E-state index is 0.135. The summed E-state index contributed by atoms with van der Waals surface area (Å²) in [4.78, 5) is 37.4. The standard InChI is InChI=1S/C17H15NO4/c1-3-8-22-17(21)14-13-12(9-18(14)2)15(19)10-6-4-5-7-11(10)16(13)20/h4-7,9H,3,8H2,1-2H3. The maximum atomic E-state index is 12.7. The molecule has 0 fully saturated rings. The Bertz CT molecular complexity index is 801. The summed E-state index contributed by atoms with van der Waals surface area (Å²) in [6.07, 6.45) is 2.21. The summed E-state index contributed by atoms with van der Waals surface area (Å²) >= 11 is 0. The Labute approximate surface area is 127 Å². The Morgan fingerprint density at radius 1 is 1.09 bits per heavy atom. The highest BCUT2D eigenvalue weighted by Crippen LogP contribution is 2.30. The van der Waals surface area contributed by atoms with Crippen LogP contribution in [-0.2, 0) is 11.8 Å². The van der Waals surface area contributed by atoms with Crippen LogP contribution in [0.25, 0.3) is 0 Å². The molecular weight excluding hydrogens is 282 g/mol. The molecule has 0 saturated carbocycles. The van der Waals surface area contributed by atoms with Crippen LogP contribution >= 0.6 is 0 Å². The van der Waals surface area contributed by atoms with E-state index in [0.29, 0.717) is 17.5 Å². The molecule has 0 unspecified atom stereocenters. The molecule has 3 rings (SSSR count). The smallest absolute Gasteiger partial charge is 0.355 e. The van der Waals surface area contributed by atoms with Gasteiger partial charge in [-0.3, -0.25) is 9.59 Å². The van der Waals surface area contributed by atoms with Crippen LogP contribution in [0.3, 0.4) is 0 Å². The van der Waals surface area contributed by atoms with Crippen molar-refractivity contribution < 1.29 is 19.1 Å². The van der Waals surface area contributed by atoms with Gasteiger partial charge in [-0.15, -0.1) is 0 Å². The molecule has 0 aliphatic heterocycles. The van der Waals surface area contributed by atoms with Gasteiger partial charge in [0.05, 0.1) is 17.7 Å². The van der Waals surface area contributed by atoms with Crippen molar-refractivity contribution in [1.82, 2.24) is 4.57 Å². The number of benzene rings is 1. The average Bonchev–Trinajstić information content (AvgIpc) is 2.88. The number of aromatic nitrogens is 1. The second kappa shape index (κ2) is 5.26. The first kappa shape index (κ1) is 14.3. The summed E-state index contributed by atoms with van der Waals surface area (Å²) in [6, 6.07) is 6.65. The molecule has 0 radical (unpaired) electrons. The molecule has 5 nitrogen and oxygen atoms in total. The summed E-state index contributed by atoms with van der Waals surface area (Å²) in [7, 11) is 1.63. The highest BCUT2D eigenvalue weighted by atomic mass is 16.5. The van der Waals surface area contributed by atoms with Crippen molar-refractivity contribution in [3.8, 4) is 0 Å². The van der Waals surface area contributed by atoms with Crippen LogP contribution in [-0.4, -0.2) is 28.7 Å². The minimum atomic E-state index is -0.578. The molecule has 0 spiro atoms. The van der Waals surface area contributed by atoms with Gasteiger partial charge >= 0.3 is 5.97 Å². The van der Waals surface area contributed by atoms with Crippen LogP contribution in [0.4, 0.5) is 0 Å². The molecular formula is C17H15NO4. The number of hydrogen-bond acceptors (Lipinski definition) is 4. The molecule has 0 atom stereocenters. The fraction of sp³-hybridized carbons (Fsp3) is 0.235. The second-order valence-electron chi connectivity index (χ2n) is 5.22. The summed E-state index contributed by atoms with van der Waals surface area (Å²) < 4.78 is 6.62. The number of nitrogens with zero attached hydrogens (tertiary/aromatic N) is 1. The van der Waals surface area contributed by atoms with Gasteiger partial charge in [0, 0.05) is 24.4 Å². The van der Waals surface area contributed by atoms with Gasteiger partial charge in [-0.2, -0.15) is 0 Å². The third-order valence-corrected chi connectivity index (χ3v) is 3.70. The normalized spacial score (nSPS) is 12.8. The highest BCUT2D eigenvalue weighted by Gasteiger charge is 2.36. The van der Waals surface area contributed by atoms with Crippen LogP contribution < -0.4 is 0 Å². The molecule has 0 amide bonds. The number of ketones is 2. The minimum Gasteiger partial charge on any atom is -0.461 e. The number of hydrogen-bond donors (Lipinski definition) is 0. The summed E-state index contributed by atoms with van der Waals surface area (Å²) in [5, 5.41) is 0. The summed E-state index contributed by atoms with van der Waals surface area (Å²) in [5.41, 5.74) is 1.24. The Morgan fingerprint density at radius 3 is 2.36 bits per heavy atom. The third kappa shape index (κ3) is 1.97. The zero-order valence-corrected chi connectivity index (χ0v) is 12.4. The van der Waals surface area contributed by atoms with Crippen molar-refractivity contribution in [2.45, 2.75) is 13.3 Å². The van der Waals surface area contributed by atoms with E-state index in [9.17, 15) is 14.4 Å². The van der Waals surface area contributed by atoms with Crippen LogP contribution in [0, 0.1) is 0 Å². The SMILES string of the molecule is CCCOC(=O)c1c2c(cn1C)C(=O)c1ccccc1C2=O. The largest absolute Gasteiger partial charge is 0.461 e. The number of rotatable bonds is 3. The number of fused-ring (bicyclic) bond motifs is 2. The van der Waals surface area contributed by atoms with Gasteiger partial charge in [-0.05, 0) is 6.42 Å². The van der Waals surface area contributed by atoms with E-state index >= 15 is 0 Å². The van der Waals surface area contributed by atoms with Crippen molar-refractivity contribution >= 4 is 17.5 Å². The number of carbonyl (C=O) groups is 3. The van der Waals surface area contributed by atoms with E-state index in [0.717, 1.165) is 0 Å². The van der Waals surface area contributed by atoms with Crippen LogP contribution in [0.5, 0.6) is 0 Å². The summed E-state index contributed by atoms with van der Waals surface area (Å²) in [6.45, 7) is 2.16. The highest BCUT2D eigenvalue weighted by molar-refractivity contribution is 6.30. The maximum Gasteiger partial charge on any atom is 0.355 e. The Morgan fingerprint density at radius 2 is 1.73 bits per heavy atom. The lowest BCUT2D eigenvalue weighted by Gasteiger charge is -2.15. The Kier molecular flexibility index (Phi) is 3.41. The van der Waals surface area contributed by atoms with Gasteiger partial charge < -0.3 is 9.30 Å². The van der Waals surface area contributed by atoms with Gasteiger partial charge in [-0.25, -0.2) is 4.79 Å². The third-order valence-electron chi connectivity index (χ3n) is 3.70. The molecule has 0 N–H and O–H groups in total. The first-order chi connectivity index (χ1) is 10.6. The van der Waals surface area contributed by atoms with E-state index in [1.807, 2.05) is 6.92 Å². The molecule has 1 aromatic carbocycles. The molecule has 2 aromatic rings. The lowest BCUT2D eigenvalue weighted by atomic mass is 9.85. The fourth-order valence-electron chi connectivity index (χ4n) is 2.70. The summed E-state index contributed by atoms with van der Waals surface area (Å²) in [5.74, 6) is -1.13. The molecule has 1 aliphatic rings. The quantitative estimate of drug-likeness (QED) is 0.696. The lowest BCUT2D eigenvalue weighted by Crippen LogP contribution is -2.22. The van der Waals surface area contributed by atoms with Crippen LogP contribution in [0.2, 0.25) is 0 Å². The van der Waals surface area contributed by atoms with Crippen LogP contribution in [0.1, 0.15) is 55.7 Å². The number of ether oxygens (including phenoxy) is 1. The Balaban J connectivity index is 2.16. The lowest BCUT2D eigenvalue weighted by molar-refractivity contribution is 0.0491. The molecule has 112 valence electrons.